The number of hydrogen-bond donors (Lipinski definition) is 1. The van der Waals surface area contributed by atoms with E-state index in [0.717, 1.165) is 27.8 Å². The molecule has 0 aliphatic carbocycles. The van der Waals surface area contributed by atoms with Crippen molar-refractivity contribution in [1.82, 2.24) is 0 Å². The average molecular weight is 393 g/mol. The maximum Gasteiger partial charge on any atom is 0.339 e. The second-order valence-electron chi connectivity index (χ2n) is 7.60. The van der Waals surface area contributed by atoms with Crippen molar-refractivity contribution in [2.45, 2.75) is 46.5 Å². The molecule has 0 atom stereocenters. The van der Waals surface area contributed by atoms with Crippen LogP contribution in [0.15, 0.2) is 45.6 Å². The minimum absolute atomic E-state index is 0.116. The van der Waals surface area contributed by atoms with E-state index >= 15 is 0 Å². The summed E-state index contributed by atoms with van der Waals surface area (Å²) in [6.07, 6.45) is 0.532. The number of amides is 1. The molecule has 1 heterocycles. The van der Waals surface area contributed by atoms with Crippen molar-refractivity contribution in [1.29, 1.82) is 0 Å². The third-order valence-electron chi connectivity index (χ3n) is 5.29. The van der Waals surface area contributed by atoms with Crippen molar-refractivity contribution in [3.05, 3.63) is 69.1 Å². The van der Waals surface area contributed by atoms with Crippen molar-refractivity contribution in [2.24, 2.45) is 0 Å². The number of ether oxygens (including phenoxy) is 1. The molecule has 0 unspecified atom stereocenters. The first-order valence-electron chi connectivity index (χ1n) is 9.81. The third-order valence-corrected chi connectivity index (χ3v) is 5.29. The maximum absolute atomic E-state index is 12.6. The summed E-state index contributed by atoms with van der Waals surface area (Å²) in [5.41, 5.74) is 4.45. The number of benzene rings is 2. The van der Waals surface area contributed by atoms with Crippen LogP contribution in [0.1, 0.15) is 48.4 Å². The molecule has 2 aromatic carbocycles. The van der Waals surface area contributed by atoms with Gasteiger partial charge in [-0.2, -0.15) is 0 Å². The van der Waals surface area contributed by atoms with E-state index in [1.165, 1.54) is 0 Å². The Kier molecular flexibility index (Phi) is 6.06. The van der Waals surface area contributed by atoms with Gasteiger partial charge in [0.25, 0.3) is 0 Å². The topological polar surface area (TPSA) is 68.5 Å². The van der Waals surface area contributed by atoms with Gasteiger partial charge >= 0.3 is 5.63 Å². The van der Waals surface area contributed by atoms with Gasteiger partial charge in [-0.25, -0.2) is 4.79 Å². The van der Waals surface area contributed by atoms with E-state index in [4.69, 9.17) is 9.15 Å². The van der Waals surface area contributed by atoms with Crippen LogP contribution in [0, 0.1) is 13.8 Å². The number of fused-ring (bicyclic) bond motifs is 1. The summed E-state index contributed by atoms with van der Waals surface area (Å²) in [7, 11) is 1.57. The van der Waals surface area contributed by atoms with Gasteiger partial charge < -0.3 is 14.5 Å². The number of para-hydroxylation sites is 1. The van der Waals surface area contributed by atoms with Crippen LogP contribution >= 0.6 is 0 Å². The van der Waals surface area contributed by atoms with Crippen LogP contribution in [0.25, 0.3) is 11.0 Å². The number of carbonyl (C=O) groups excluding carboxylic acids is 1. The normalized spacial score (nSPS) is 11.1. The fourth-order valence-electron chi connectivity index (χ4n) is 3.57. The molecule has 3 rings (SSSR count). The van der Waals surface area contributed by atoms with Gasteiger partial charge in [0.2, 0.25) is 5.91 Å². The SMILES string of the molecule is COc1ccc2c(C)c(CCC(=O)Nc3c(C)cccc3C(C)C)c(=O)oc2c1. The van der Waals surface area contributed by atoms with E-state index in [1.807, 2.05) is 44.2 Å². The molecule has 1 amide bonds. The Bertz CT molecular complexity index is 1110. The monoisotopic (exact) mass is 393 g/mol. The van der Waals surface area contributed by atoms with Crippen LogP contribution in [0.3, 0.4) is 0 Å². The minimum Gasteiger partial charge on any atom is -0.497 e. The number of anilines is 1. The Morgan fingerprint density at radius 1 is 1.17 bits per heavy atom. The number of rotatable bonds is 6. The minimum atomic E-state index is -0.408. The molecule has 0 aliphatic rings. The smallest absolute Gasteiger partial charge is 0.339 e. The lowest BCUT2D eigenvalue weighted by molar-refractivity contribution is -0.116. The third kappa shape index (κ3) is 4.34. The average Bonchev–Trinajstić information content (AvgIpc) is 2.68. The highest BCUT2D eigenvalue weighted by molar-refractivity contribution is 5.92. The second kappa shape index (κ2) is 8.52. The molecule has 29 heavy (non-hydrogen) atoms. The van der Waals surface area contributed by atoms with E-state index < -0.39 is 5.63 Å². The molecular weight excluding hydrogens is 366 g/mol. The van der Waals surface area contributed by atoms with E-state index in [0.29, 0.717) is 29.2 Å². The zero-order chi connectivity index (χ0) is 21.1. The van der Waals surface area contributed by atoms with Crippen molar-refractivity contribution in [3.63, 3.8) is 0 Å². The van der Waals surface area contributed by atoms with Crippen LogP contribution in [-0.2, 0) is 11.2 Å². The van der Waals surface area contributed by atoms with Gasteiger partial charge in [0.05, 0.1) is 7.11 Å². The lowest BCUT2D eigenvalue weighted by Crippen LogP contribution is -2.18. The van der Waals surface area contributed by atoms with Gasteiger partial charge in [-0.3, -0.25) is 4.79 Å². The van der Waals surface area contributed by atoms with Crippen molar-refractivity contribution < 1.29 is 13.9 Å². The number of hydrogen-bond acceptors (Lipinski definition) is 4. The molecule has 0 radical (unpaired) electrons. The highest BCUT2D eigenvalue weighted by atomic mass is 16.5. The summed E-state index contributed by atoms with van der Waals surface area (Å²) in [5.74, 6) is 0.818. The van der Waals surface area contributed by atoms with Crippen LogP contribution in [0.4, 0.5) is 5.69 Å². The number of nitrogens with one attached hydrogen (secondary N) is 1. The maximum atomic E-state index is 12.6. The Labute approximate surface area is 170 Å². The molecule has 0 spiro atoms. The van der Waals surface area contributed by atoms with Gasteiger partial charge in [0.15, 0.2) is 0 Å². The first-order chi connectivity index (χ1) is 13.8. The molecule has 152 valence electrons. The second-order valence-corrected chi connectivity index (χ2v) is 7.60. The van der Waals surface area contributed by atoms with Crippen molar-refractivity contribution in [3.8, 4) is 5.75 Å². The quantitative estimate of drug-likeness (QED) is 0.591. The number of methoxy groups -OCH3 is 1. The van der Waals surface area contributed by atoms with Gasteiger partial charge in [-0.1, -0.05) is 32.0 Å². The summed E-state index contributed by atoms with van der Waals surface area (Å²) < 4.78 is 10.7. The van der Waals surface area contributed by atoms with E-state index in [-0.39, 0.29) is 12.3 Å². The van der Waals surface area contributed by atoms with Gasteiger partial charge in [0, 0.05) is 29.1 Å². The molecule has 5 nitrogen and oxygen atoms in total. The first-order valence-corrected chi connectivity index (χ1v) is 9.81. The number of carbonyl (C=O) groups is 1. The zero-order valence-electron chi connectivity index (χ0n) is 17.6. The molecular formula is C24H27NO4. The first kappa shape index (κ1) is 20.6. The predicted octanol–water partition coefficient (Wildman–Crippen LogP) is 5.11. The summed E-state index contributed by atoms with van der Waals surface area (Å²) in [4.78, 5) is 25.1. The van der Waals surface area contributed by atoms with Crippen LogP contribution in [0.5, 0.6) is 5.75 Å². The van der Waals surface area contributed by atoms with E-state index in [1.54, 1.807) is 13.2 Å². The fraction of sp³-hybridized carbons (Fsp3) is 0.333. The molecule has 0 bridgehead atoms. The molecule has 1 aromatic heterocycles. The van der Waals surface area contributed by atoms with Crippen LogP contribution < -0.4 is 15.7 Å². The predicted molar refractivity (Wildman–Crippen MR) is 116 cm³/mol. The highest BCUT2D eigenvalue weighted by Crippen LogP contribution is 2.28. The standard InChI is InChI=1S/C24H27NO4/c1-14(2)18-8-6-7-15(3)23(18)25-22(26)12-11-20-16(4)19-10-9-17(28-5)13-21(19)29-24(20)27/h6-10,13-14H,11-12H2,1-5H3,(H,25,26). The molecule has 0 aliphatic heterocycles. The summed E-state index contributed by atoms with van der Waals surface area (Å²) in [5, 5.41) is 3.88. The van der Waals surface area contributed by atoms with E-state index in [9.17, 15) is 9.59 Å². The molecule has 0 fully saturated rings. The Morgan fingerprint density at radius 3 is 2.62 bits per heavy atom. The zero-order valence-corrected chi connectivity index (χ0v) is 17.6. The largest absolute Gasteiger partial charge is 0.497 e. The van der Waals surface area contributed by atoms with E-state index in [2.05, 4.69) is 19.2 Å². The van der Waals surface area contributed by atoms with Crippen molar-refractivity contribution in [2.75, 3.05) is 12.4 Å². The Hall–Kier alpha value is -3.08. The Morgan fingerprint density at radius 2 is 1.93 bits per heavy atom. The van der Waals surface area contributed by atoms with Gasteiger partial charge in [-0.05, 0) is 55.0 Å². The Balaban J connectivity index is 1.81. The molecule has 0 saturated carbocycles. The summed E-state index contributed by atoms with van der Waals surface area (Å²) in [6.45, 7) is 8.07. The fourth-order valence-corrected chi connectivity index (χ4v) is 3.57. The van der Waals surface area contributed by atoms with Crippen LogP contribution in [-0.4, -0.2) is 13.0 Å². The van der Waals surface area contributed by atoms with Crippen molar-refractivity contribution >= 4 is 22.6 Å². The highest BCUT2D eigenvalue weighted by Gasteiger charge is 2.16. The summed E-state index contributed by atoms with van der Waals surface area (Å²) >= 11 is 0. The molecule has 5 heteroatoms. The molecule has 1 N–H and O–H groups in total. The molecule has 3 aromatic rings. The summed E-state index contributed by atoms with van der Waals surface area (Å²) in [6, 6.07) is 11.4. The van der Waals surface area contributed by atoms with Crippen LogP contribution in [0.2, 0.25) is 0 Å². The lowest BCUT2D eigenvalue weighted by Gasteiger charge is -2.16. The van der Waals surface area contributed by atoms with Gasteiger partial charge in [0.1, 0.15) is 11.3 Å². The van der Waals surface area contributed by atoms with Gasteiger partial charge in [-0.15, -0.1) is 0 Å². The number of aryl methyl sites for hydroxylation is 2. The lowest BCUT2D eigenvalue weighted by atomic mass is 9.98. The molecule has 0 saturated heterocycles.